The molecule has 0 aliphatic carbocycles. The zero-order valence-corrected chi connectivity index (χ0v) is 11.4. The van der Waals surface area contributed by atoms with E-state index in [1.807, 2.05) is 31.2 Å². The second-order valence-electron chi connectivity index (χ2n) is 4.32. The number of nitrogen functional groups attached to an aromatic ring is 1. The van der Waals surface area contributed by atoms with Crippen molar-refractivity contribution in [2.24, 2.45) is 0 Å². The Morgan fingerprint density at radius 1 is 1.21 bits per heavy atom. The van der Waals surface area contributed by atoms with Crippen LogP contribution in [0, 0.1) is 6.92 Å². The highest BCUT2D eigenvalue weighted by Gasteiger charge is 2.11. The molecule has 0 aliphatic rings. The highest BCUT2D eigenvalue weighted by Crippen LogP contribution is 2.22. The van der Waals surface area contributed by atoms with Gasteiger partial charge in [0.25, 0.3) is 5.91 Å². The Morgan fingerprint density at radius 3 is 2.68 bits per heavy atom. The Kier molecular flexibility index (Phi) is 4.07. The normalized spacial score (nSPS) is 10.2. The largest absolute Gasteiger partial charge is 0.398 e. The summed E-state index contributed by atoms with van der Waals surface area (Å²) >= 11 is 6.02. The third kappa shape index (κ3) is 3.06. The quantitative estimate of drug-likeness (QED) is 0.845. The minimum absolute atomic E-state index is 0.222. The van der Waals surface area contributed by atoms with Crippen LogP contribution in [0.4, 0.5) is 5.69 Å². The third-order valence-corrected chi connectivity index (χ3v) is 3.40. The lowest BCUT2D eigenvalue weighted by atomic mass is 10.1. The van der Waals surface area contributed by atoms with E-state index in [0.717, 1.165) is 11.1 Å². The van der Waals surface area contributed by atoms with Gasteiger partial charge in [0.15, 0.2) is 0 Å². The van der Waals surface area contributed by atoms with E-state index in [9.17, 15) is 4.79 Å². The first-order valence-electron chi connectivity index (χ1n) is 5.96. The summed E-state index contributed by atoms with van der Waals surface area (Å²) in [7, 11) is 0. The molecule has 98 valence electrons. The molecule has 4 heteroatoms. The number of aryl methyl sites for hydroxylation is 1. The zero-order valence-electron chi connectivity index (χ0n) is 10.6. The molecule has 0 atom stereocenters. The van der Waals surface area contributed by atoms with Gasteiger partial charge < -0.3 is 11.1 Å². The lowest BCUT2D eigenvalue weighted by Crippen LogP contribution is -2.23. The van der Waals surface area contributed by atoms with E-state index in [1.165, 1.54) is 0 Å². The number of halogens is 1. The first-order chi connectivity index (χ1) is 9.09. The van der Waals surface area contributed by atoms with E-state index in [-0.39, 0.29) is 5.91 Å². The number of benzene rings is 2. The third-order valence-electron chi connectivity index (χ3n) is 2.97. The van der Waals surface area contributed by atoms with E-state index >= 15 is 0 Å². The van der Waals surface area contributed by atoms with Crippen LogP contribution in [-0.4, -0.2) is 5.91 Å². The smallest absolute Gasteiger partial charge is 0.253 e. The molecule has 2 aromatic carbocycles. The standard InChI is InChI=1S/C15H15ClN2O/c1-10-5-2-3-6-11(10)9-18-15(19)12-7-4-8-13(17)14(12)16/h2-8H,9,17H2,1H3,(H,18,19). The van der Waals surface area contributed by atoms with Gasteiger partial charge in [0.2, 0.25) is 0 Å². The van der Waals surface area contributed by atoms with Crippen LogP contribution < -0.4 is 11.1 Å². The van der Waals surface area contributed by atoms with Gasteiger partial charge in [-0.15, -0.1) is 0 Å². The molecule has 0 aliphatic heterocycles. The molecule has 2 rings (SSSR count). The fourth-order valence-corrected chi connectivity index (χ4v) is 2.02. The van der Waals surface area contributed by atoms with Gasteiger partial charge in [-0.1, -0.05) is 41.9 Å². The van der Waals surface area contributed by atoms with Crippen molar-refractivity contribution in [1.82, 2.24) is 5.32 Å². The predicted molar refractivity (Wildman–Crippen MR) is 78.2 cm³/mol. The van der Waals surface area contributed by atoms with Crippen molar-refractivity contribution < 1.29 is 4.79 Å². The molecule has 2 aromatic rings. The Bertz CT molecular complexity index is 611. The molecule has 0 heterocycles. The van der Waals surface area contributed by atoms with E-state index in [1.54, 1.807) is 18.2 Å². The van der Waals surface area contributed by atoms with Gasteiger partial charge in [-0.05, 0) is 30.2 Å². The Hall–Kier alpha value is -2.00. The van der Waals surface area contributed by atoms with E-state index in [0.29, 0.717) is 22.8 Å². The number of hydrogen-bond acceptors (Lipinski definition) is 2. The Morgan fingerprint density at radius 2 is 1.95 bits per heavy atom. The Balaban J connectivity index is 2.10. The lowest BCUT2D eigenvalue weighted by Gasteiger charge is -2.09. The average Bonchev–Trinajstić information content (AvgIpc) is 2.40. The van der Waals surface area contributed by atoms with Gasteiger partial charge in [-0.25, -0.2) is 0 Å². The molecular weight excluding hydrogens is 260 g/mol. The number of hydrogen-bond donors (Lipinski definition) is 2. The van der Waals surface area contributed by atoms with Gasteiger partial charge in [0.1, 0.15) is 0 Å². The predicted octanol–water partition coefficient (Wildman–Crippen LogP) is 3.16. The summed E-state index contributed by atoms with van der Waals surface area (Å²) in [4.78, 5) is 12.1. The van der Waals surface area contributed by atoms with Gasteiger partial charge >= 0.3 is 0 Å². The number of anilines is 1. The number of amides is 1. The van der Waals surface area contributed by atoms with Crippen molar-refractivity contribution in [2.45, 2.75) is 13.5 Å². The maximum absolute atomic E-state index is 12.1. The van der Waals surface area contributed by atoms with Gasteiger partial charge in [0.05, 0.1) is 16.3 Å². The molecule has 19 heavy (non-hydrogen) atoms. The molecule has 0 saturated heterocycles. The van der Waals surface area contributed by atoms with Crippen LogP contribution in [0.2, 0.25) is 5.02 Å². The highest BCUT2D eigenvalue weighted by molar-refractivity contribution is 6.36. The molecule has 1 amide bonds. The summed E-state index contributed by atoms with van der Waals surface area (Å²) < 4.78 is 0. The van der Waals surface area contributed by atoms with E-state index in [2.05, 4.69) is 5.32 Å². The summed E-state index contributed by atoms with van der Waals surface area (Å²) in [5.41, 5.74) is 8.70. The van der Waals surface area contributed by atoms with Crippen molar-refractivity contribution in [2.75, 3.05) is 5.73 Å². The highest BCUT2D eigenvalue weighted by atomic mass is 35.5. The van der Waals surface area contributed by atoms with E-state index < -0.39 is 0 Å². The second kappa shape index (κ2) is 5.76. The topological polar surface area (TPSA) is 55.1 Å². The van der Waals surface area contributed by atoms with Crippen LogP contribution in [0.25, 0.3) is 0 Å². The SMILES string of the molecule is Cc1ccccc1CNC(=O)c1cccc(N)c1Cl. The van der Waals surface area contributed by atoms with Crippen LogP contribution in [0.1, 0.15) is 21.5 Å². The van der Waals surface area contributed by atoms with Crippen molar-refractivity contribution in [1.29, 1.82) is 0 Å². The first-order valence-corrected chi connectivity index (χ1v) is 6.34. The van der Waals surface area contributed by atoms with E-state index in [4.69, 9.17) is 17.3 Å². The molecular formula is C15H15ClN2O. The molecule has 3 nitrogen and oxygen atoms in total. The molecule has 0 fully saturated rings. The first kappa shape index (κ1) is 13.4. The molecule has 0 saturated carbocycles. The van der Waals surface area contributed by atoms with Gasteiger partial charge in [-0.3, -0.25) is 4.79 Å². The number of carbonyl (C=O) groups is 1. The summed E-state index contributed by atoms with van der Waals surface area (Å²) in [5, 5.41) is 3.14. The van der Waals surface area contributed by atoms with Crippen molar-refractivity contribution in [3.05, 3.63) is 64.2 Å². The molecule has 3 N–H and O–H groups in total. The van der Waals surface area contributed by atoms with Crippen molar-refractivity contribution in [3.63, 3.8) is 0 Å². The van der Waals surface area contributed by atoms with Crippen LogP contribution >= 0.6 is 11.6 Å². The average molecular weight is 275 g/mol. The molecule has 0 aromatic heterocycles. The fourth-order valence-electron chi connectivity index (χ4n) is 1.80. The van der Waals surface area contributed by atoms with Crippen LogP contribution in [0.5, 0.6) is 0 Å². The summed E-state index contributed by atoms with van der Waals surface area (Å²) in [6.45, 7) is 2.48. The minimum Gasteiger partial charge on any atom is -0.398 e. The monoisotopic (exact) mass is 274 g/mol. The Labute approximate surface area is 117 Å². The number of rotatable bonds is 3. The fraction of sp³-hybridized carbons (Fsp3) is 0.133. The lowest BCUT2D eigenvalue weighted by molar-refractivity contribution is 0.0951. The molecule has 0 bridgehead atoms. The summed E-state index contributed by atoms with van der Waals surface area (Å²) in [6, 6.07) is 12.9. The number of carbonyl (C=O) groups excluding carboxylic acids is 1. The van der Waals surface area contributed by atoms with Crippen molar-refractivity contribution >= 4 is 23.2 Å². The maximum atomic E-state index is 12.1. The minimum atomic E-state index is -0.222. The van der Waals surface area contributed by atoms with Gasteiger partial charge in [-0.2, -0.15) is 0 Å². The number of nitrogens with one attached hydrogen (secondary N) is 1. The second-order valence-corrected chi connectivity index (χ2v) is 4.70. The summed E-state index contributed by atoms with van der Waals surface area (Å²) in [5.74, 6) is -0.222. The summed E-state index contributed by atoms with van der Waals surface area (Å²) in [6.07, 6.45) is 0. The molecule has 0 spiro atoms. The van der Waals surface area contributed by atoms with Crippen molar-refractivity contribution in [3.8, 4) is 0 Å². The van der Waals surface area contributed by atoms with Gasteiger partial charge in [0, 0.05) is 6.54 Å². The molecule has 0 unspecified atom stereocenters. The van der Waals surface area contributed by atoms with Crippen LogP contribution in [0.3, 0.4) is 0 Å². The number of nitrogens with two attached hydrogens (primary N) is 1. The van der Waals surface area contributed by atoms with Crippen LogP contribution in [-0.2, 0) is 6.54 Å². The maximum Gasteiger partial charge on any atom is 0.253 e. The van der Waals surface area contributed by atoms with Crippen LogP contribution in [0.15, 0.2) is 42.5 Å². The zero-order chi connectivity index (χ0) is 13.8. The molecule has 0 radical (unpaired) electrons.